The Hall–Kier alpha value is -1.18. The van der Waals surface area contributed by atoms with Crippen molar-refractivity contribution in [1.82, 2.24) is 4.31 Å². The van der Waals surface area contributed by atoms with E-state index in [1.54, 1.807) is 13.8 Å². The topological polar surface area (TPSA) is 80.5 Å². The molecular weight excluding hydrogens is 304 g/mol. The summed E-state index contributed by atoms with van der Waals surface area (Å²) in [5, 5.41) is 11.1. The summed E-state index contributed by atoms with van der Waals surface area (Å²) in [6.07, 6.45) is 0. The zero-order valence-corrected chi connectivity index (χ0v) is 13.4. The monoisotopic (exact) mass is 320 g/mol. The zero-order valence-electron chi connectivity index (χ0n) is 11.8. The van der Waals surface area contributed by atoms with E-state index in [4.69, 9.17) is 11.6 Å². The van der Waals surface area contributed by atoms with E-state index < -0.39 is 14.9 Å². The van der Waals surface area contributed by atoms with Crippen LogP contribution < -0.4 is 0 Å². The molecule has 1 aromatic rings. The molecule has 0 aliphatic heterocycles. The molecule has 0 aliphatic rings. The number of aryl methyl sites for hydroxylation is 2. The molecular formula is C12H17ClN2O4S. The average molecular weight is 321 g/mol. The molecule has 1 aromatic carbocycles. The number of halogens is 1. The van der Waals surface area contributed by atoms with Crippen LogP contribution in [0.3, 0.4) is 0 Å². The molecule has 0 unspecified atom stereocenters. The molecule has 0 radical (unpaired) electrons. The van der Waals surface area contributed by atoms with Gasteiger partial charge in [0.1, 0.15) is 0 Å². The smallest absolute Gasteiger partial charge is 0.258 e. The number of nitro groups is 1. The van der Waals surface area contributed by atoms with Gasteiger partial charge in [-0.1, -0.05) is 0 Å². The first-order valence-corrected chi connectivity index (χ1v) is 7.89. The molecule has 0 fully saturated rings. The molecule has 0 atom stereocenters. The van der Waals surface area contributed by atoms with Crippen LogP contribution in [0.4, 0.5) is 5.69 Å². The number of rotatable bonds is 5. The van der Waals surface area contributed by atoms with E-state index in [1.807, 2.05) is 0 Å². The highest BCUT2D eigenvalue weighted by Crippen LogP contribution is 2.32. The van der Waals surface area contributed by atoms with Crippen molar-refractivity contribution >= 4 is 27.3 Å². The molecule has 8 heteroatoms. The summed E-state index contributed by atoms with van der Waals surface area (Å²) in [6.45, 7) is 4.83. The molecule has 0 saturated heterocycles. The van der Waals surface area contributed by atoms with Gasteiger partial charge in [-0.3, -0.25) is 10.1 Å². The summed E-state index contributed by atoms with van der Waals surface area (Å²) in [6, 6.07) is 1.52. The number of hydrogen-bond acceptors (Lipinski definition) is 4. The highest BCUT2D eigenvalue weighted by Gasteiger charge is 2.30. The van der Waals surface area contributed by atoms with Gasteiger partial charge in [0.05, 0.1) is 9.82 Å². The summed E-state index contributed by atoms with van der Waals surface area (Å²) in [4.78, 5) is 10.5. The predicted molar refractivity (Wildman–Crippen MR) is 77.8 cm³/mol. The van der Waals surface area contributed by atoms with Crippen molar-refractivity contribution in [1.29, 1.82) is 0 Å². The average Bonchev–Trinajstić information content (AvgIpc) is 2.26. The Morgan fingerprint density at radius 1 is 1.30 bits per heavy atom. The van der Waals surface area contributed by atoms with Crippen LogP contribution in [0.25, 0.3) is 0 Å². The second kappa shape index (κ2) is 6.07. The Balaban J connectivity index is 3.62. The van der Waals surface area contributed by atoms with Gasteiger partial charge in [0.25, 0.3) is 5.69 Å². The molecule has 0 heterocycles. The van der Waals surface area contributed by atoms with Crippen molar-refractivity contribution in [2.45, 2.75) is 25.7 Å². The van der Waals surface area contributed by atoms with Crippen LogP contribution in [0.15, 0.2) is 11.0 Å². The van der Waals surface area contributed by atoms with E-state index in [0.29, 0.717) is 11.1 Å². The van der Waals surface area contributed by atoms with Gasteiger partial charge in [0.2, 0.25) is 10.0 Å². The van der Waals surface area contributed by atoms with Crippen molar-refractivity contribution in [2.75, 3.05) is 19.5 Å². The van der Waals surface area contributed by atoms with Crippen LogP contribution >= 0.6 is 11.6 Å². The van der Waals surface area contributed by atoms with Crippen LogP contribution in [-0.2, 0) is 10.0 Å². The van der Waals surface area contributed by atoms with Gasteiger partial charge in [-0.25, -0.2) is 8.42 Å². The molecule has 6 nitrogen and oxygen atoms in total. The lowest BCUT2D eigenvalue weighted by Crippen LogP contribution is -2.30. The van der Waals surface area contributed by atoms with Crippen molar-refractivity contribution in [3.05, 3.63) is 32.9 Å². The first-order chi connectivity index (χ1) is 9.14. The second-order valence-electron chi connectivity index (χ2n) is 4.59. The van der Waals surface area contributed by atoms with Crippen molar-refractivity contribution in [3.63, 3.8) is 0 Å². The van der Waals surface area contributed by atoms with E-state index in [1.165, 1.54) is 20.0 Å². The van der Waals surface area contributed by atoms with E-state index in [-0.39, 0.29) is 28.6 Å². The number of nitrogens with zero attached hydrogens (tertiary/aromatic N) is 2. The van der Waals surface area contributed by atoms with Crippen LogP contribution in [-0.4, -0.2) is 37.1 Å². The number of nitro benzene ring substituents is 1. The van der Waals surface area contributed by atoms with Crippen LogP contribution in [0.5, 0.6) is 0 Å². The molecule has 112 valence electrons. The molecule has 1 rings (SSSR count). The number of benzene rings is 1. The van der Waals surface area contributed by atoms with Gasteiger partial charge >= 0.3 is 0 Å². The fourth-order valence-electron chi connectivity index (χ4n) is 2.23. The van der Waals surface area contributed by atoms with Gasteiger partial charge in [-0.2, -0.15) is 4.31 Å². The third-order valence-corrected chi connectivity index (χ3v) is 5.43. The largest absolute Gasteiger partial charge is 0.276 e. The lowest BCUT2D eigenvalue weighted by atomic mass is 10.1. The Kier molecular flexibility index (Phi) is 5.12. The first-order valence-electron chi connectivity index (χ1n) is 5.92. The number of alkyl halides is 1. The maximum atomic E-state index is 12.5. The molecule has 0 aromatic heterocycles. The van der Waals surface area contributed by atoms with Crippen LogP contribution in [0.2, 0.25) is 0 Å². The maximum Gasteiger partial charge on any atom is 0.276 e. The van der Waals surface area contributed by atoms with Crippen LogP contribution in [0, 0.1) is 30.9 Å². The van der Waals surface area contributed by atoms with Gasteiger partial charge in [-0.15, -0.1) is 11.6 Å². The first kappa shape index (κ1) is 16.9. The second-order valence-corrected chi connectivity index (χ2v) is 6.95. The maximum absolute atomic E-state index is 12.5. The molecule has 0 N–H and O–H groups in total. The molecule has 0 bridgehead atoms. The molecule has 0 spiro atoms. The minimum atomic E-state index is -3.79. The highest BCUT2D eigenvalue weighted by atomic mass is 35.5. The number of hydrogen-bond donors (Lipinski definition) is 0. The van der Waals surface area contributed by atoms with Gasteiger partial charge in [0, 0.05) is 30.6 Å². The molecule has 20 heavy (non-hydrogen) atoms. The predicted octanol–water partition coefficient (Wildman–Crippen LogP) is 2.38. The van der Waals surface area contributed by atoms with E-state index in [9.17, 15) is 18.5 Å². The summed E-state index contributed by atoms with van der Waals surface area (Å²) >= 11 is 5.56. The van der Waals surface area contributed by atoms with Crippen LogP contribution in [0.1, 0.15) is 16.7 Å². The molecule has 0 amide bonds. The quantitative estimate of drug-likeness (QED) is 0.474. The fraction of sp³-hybridized carbons (Fsp3) is 0.500. The van der Waals surface area contributed by atoms with E-state index in [2.05, 4.69) is 0 Å². The normalized spacial score (nSPS) is 11.9. The Labute approximate surface area is 123 Å². The minimum absolute atomic E-state index is 0.0117. The zero-order chi connectivity index (χ0) is 15.7. The minimum Gasteiger partial charge on any atom is -0.258 e. The SMILES string of the molecule is Cc1cc(C)c(S(=O)(=O)N(C)CCCl)c(C)c1[N+](=O)[O-]. The lowest BCUT2D eigenvalue weighted by Gasteiger charge is -2.19. The third kappa shape index (κ3) is 2.94. The Morgan fingerprint density at radius 3 is 2.30 bits per heavy atom. The lowest BCUT2D eigenvalue weighted by molar-refractivity contribution is -0.386. The summed E-state index contributed by atoms with van der Waals surface area (Å²) in [5.41, 5.74) is 0.943. The Bertz CT molecular complexity index is 643. The van der Waals surface area contributed by atoms with Gasteiger partial charge < -0.3 is 0 Å². The van der Waals surface area contributed by atoms with Crippen molar-refractivity contribution in [3.8, 4) is 0 Å². The van der Waals surface area contributed by atoms with E-state index >= 15 is 0 Å². The fourth-order valence-corrected chi connectivity index (χ4v) is 4.18. The third-order valence-electron chi connectivity index (χ3n) is 3.11. The summed E-state index contributed by atoms with van der Waals surface area (Å²) in [5.74, 6) is 0.155. The highest BCUT2D eigenvalue weighted by molar-refractivity contribution is 7.89. The van der Waals surface area contributed by atoms with Crippen molar-refractivity contribution < 1.29 is 13.3 Å². The van der Waals surface area contributed by atoms with Gasteiger partial charge in [-0.05, 0) is 32.4 Å². The van der Waals surface area contributed by atoms with Crippen molar-refractivity contribution in [2.24, 2.45) is 0 Å². The summed E-state index contributed by atoms with van der Waals surface area (Å²) in [7, 11) is -2.39. The standard InChI is InChI=1S/C12H17ClN2O4S/c1-8-7-9(2)12(10(3)11(8)15(16)17)20(18,19)14(4)6-5-13/h7H,5-6H2,1-4H3. The van der Waals surface area contributed by atoms with E-state index in [0.717, 1.165) is 4.31 Å². The molecule has 0 saturated carbocycles. The summed E-state index contributed by atoms with van der Waals surface area (Å²) < 4.78 is 26.1. The van der Waals surface area contributed by atoms with Gasteiger partial charge in [0.15, 0.2) is 0 Å². The molecule has 0 aliphatic carbocycles. The number of sulfonamides is 1. The Morgan fingerprint density at radius 2 is 1.85 bits per heavy atom.